The smallest absolute Gasteiger partial charge is 0.267 e. The van der Waals surface area contributed by atoms with Crippen molar-refractivity contribution in [2.75, 3.05) is 6.54 Å². The molecule has 8 heteroatoms. The highest BCUT2D eigenvalue weighted by Crippen LogP contribution is 2.31. The van der Waals surface area contributed by atoms with E-state index >= 15 is 0 Å². The zero-order chi connectivity index (χ0) is 21.1. The molecule has 0 aliphatic carbocycles. The fourth-order valence-electron chi connectivity index (χ4n) is 3.73. The standard InChI is InChI=1S/C22H23ClN4O3/c1-15-5-10-20(28)27(25-15)14-21(29)26-11-3-2-4-19(26)22-24-13-18(30-22)12-16-6-8-17(23)9-7-16/h5-10,13,19H,2-4,11-12,14H2,1H3/t19-/m1/s1. The van der Waals surface area contributed by atoms with E-state index in [-0.39, 0.29) is 24.1 Å². The zero-order valence-corrected chi connectivity index (χ0v) is 17.5. The minimum atomic E-state index is -0.288. The molecule has 0 bridgehead atoms. The normalized spacial score (nSPS) is 16.6. The summed E-state index contributed by atoms with van der Waals surface area (Å²) in [5.74, 6) is 1.12. The molecule has 7 nitrogen and oxygen atoms in total. The molecule has 156 valence electrons. The first kappa shape index (κ1) is 20.3. The van der Waals surface area contributed by atoms with Crippen LogP contribution in [0.4, 0.5) is 0 Å². The van der Waals surface area contributed by atoms with Gasteiger partial charge in [-0.3, -0.25) is 9.59 Å². The molecule has 1 aliphatic rings. The third kappa shape index (κ3) is 4.62. The van der Waals surface area contributed by atoms with Crippen LogP contribution in [0.1, 0.15) is 48.2 Å². The maximum atomic E-state index is 13.0. The number of halogens is 1. The van der Waals surface area contributed by atoms with E-state index in [1.165, 1.54) is 10.7 Å². The highest BCUT2D eigenvalue weighted by molar-refractivity contribution is 6.30. The van der Waals surface area contributed by atoms with E-state index in [0.717, 1.165) is 30.6 Å². The monoisotopic (exact) mass is 426 g/mol. The van der Waals surface area contributed by atoms with Gasteiger partial charge in [0, 0.05) is 24.1 Å². The van der Waals surface area contributed by atoms with Gasteiger partial charge >= 0.3 is 0 Å². The number of aryl methyl sites for hydroxylation is 1. The minimum absolute atomic E-state index is 0.0879. The Balaban J connectivity index is 1.50. The van der Waals surface area contributed by atoms with Crippen LogP contribution in [0.25, 0.3) is 0 Å². The molecule has 1 saturated heterocycles. The predicted molar refractivity (Wildman–Crippen MR) is 112 cm³/mol. The molecule has 3 heterocycles. The van der Waals surface area contributed by atoms with Crippen molar-refractivity contribution in [2.45, 2.75) is 45.2 Å². The van der Waals surface area contributed by atoms with E-state index in [1.807, 2.05) is 24.3 Å². The first-order valence-corrected chi connectivity index (χ1v) is 10.4. The van der Waals surface area contributed by atoms with Crippen molar-refractivity contribution in [3.05, 3.63) is 80.9 Å². The maximum absolute atomic E-state index is 13.0. The summed E-state index contributed by atoms with van der Waals surface area (Å²) in [7, 11) is 0. The molecule has 30 heavy (non-hydrogen) atoms. The van der Waals surface area contributed by atoms with Crippen molar-refractivity contribution in [3.63, 3.8) is 0 Å². The summed E-state index contributed by atoms with van der Waals surface area (Å²) in [6, 6.07) is 10.4. The lowest BCUT2D eigenvalue weighted by Gasteiger charge is -2.33. The topological polar surface area (TPSA) is 81.2 Å². The van der Waals surface area contributed by atoms with Gasteiger partial charge in [-0.1, -0.05) is 23.7 Å². The number of carbonyl (C=O) groups excluding carboxylic acids is 1. The molecule has 2 aromatic heterocycles. The van der Waals surface area contributed by atoms with E-state index in [9.17, 15) is 9.59 Å². The van der Waals surface area contributed by atoms with Gasteiger partial charge in [0.2, 0.25) is 11.8 Å². The van der Waals surface area contributed by atoms with Crippen molar-refractivity contribution >= 4 is 17.5 Å². The number of nitrogens with zero attached hydrogens (tertiary/aromatic N) is 4. The maximum Gasteiger partial charge on any atom is 0.267 e. The van der Waals surface area contributed by atoms with Crippen LogP contribution in [0.15, 0.2) is 51.8 Å². The number of hydrogen-bond donors (Lipinski definition) is 0. The molecule has 0 N–H and O–H groups in total. The van der Waals surface area contributed by atoms with E-state index in [2.05, 4.69) is 10.1 Å². The van der Waals surface area contributed by atoms with E-state index in [1.54, 1.807) is 24.1 Å². The number of aromatic nitrogens is 3. The molecule has 0 saturated carbocycles. The SMILES string of the molecule is Cc1ccc(=O)n(CC(=O)N2CCCC[C@@H]2c2ncc(Cc3ccc(Cl)cc3)o2)n1. The number of rotatable bonds is 5. The van der Waals surface area contributed by atoms with Crippen LogP contribution in [0.2, 0.25) is 5.02 Å². The van der Waals surface area contributed by atoms with Gasteiger partial charge in [0.15, 0.2) is 0 Å². The average Bonchev–Trinajstić information content (AvgIpc) is 3.21. The third-order valence-electron chi connectivity index (χ3n) is 5.26. The second kappa shape index (κ2) is 8.83. The molecule has 1 fully saturated rings. The van der Waals surface area contributed by atoms with Crippen molar-refractivity contribution in [3.8, 4) is 0 Å². The summed E-state index contributed by atoms with van der Waals surface area (Å²) in [5.41, 5.74) is 1.48. The third-order valence-corrected chi connectivity index (χ3v) is 5.51. The Kier molecular flexibility index (Phi) is 5.99. The lowest BCUT2D eigenvalue weighted by atomic mass is 10.0. The molecule has 1 aliphatic heterocycles. The fraction of sp³-hybridized carbons (Fsp3) is 0.364. The number of amides is 1. The van der Waals surface area contributed by atoms with Gasteiger partial charge in [0.25, 0.3) is 5.56 Å². The van der Waals surface area contributed by atoms with Gasteiger partial charge in [-0.15, -0.1) is 0 Å². The Labute approximate surface area is 179 Å². The van der Waals surface area contributed by atoms with Crippen LogP contribution in [0.3, 0.4) is 0 Å². The highest BCUT2D eigenvalue weighted by atomic mass is 35.5. The summed E-state index contributed by atoms with van der Waals surface area (Å²) in [4.78, 5) is 31.2. The molecular formula is C22H23ClN4O3. The molecular weight excluding hydrogens is 404 g/mol. The molecule has 0 spiro atoms. The molecule has 1 atom stereocenters. The Bertz CT molecular complexity index is 1090. The lowest BCUT2D eigenvalue weighted by Crippen LogP contribution is -2.42. The summed E-state index contributed by atoms with van der Waals surface area (Å²) in [5, 5.41) is 4.86. The number of likely N-dealkylation sites (tertiary alicyclic amines) is 1. The van der Waals surface area contributed by atoms with E-state index in [0.29, 0.717) is 29.6 Å². The van der Waals surface area contributed by atoms with Crippen LogP contribution >= 0.6 is 11.6 Å². The summed E-state index contributed by atoms with van der Waals surface area (Å²) in [6.07, 6.45) is 5.01. The zero-order valence-electron chi connectivity index (χ0n) is 16.8. The molecule has 3 aromatic rings. The summed E-state index contributed by atoms with van der Waals surface area (Å²) < 4.78 is 7.22. The van der Waals surface area contributed by atoms with Crippen molar-refractivity contribution in [2.24, 2.45) is 0 Å². The van der Waals surface area contributed by atoms with E-state index in [4.69, 9.17) is 16.0 Å². The van der Waals surface area contributed by atoms with Gasteiger partial charge in [0.05, 0.1) is 11.9 Å². The number of benzene rings is 1. The molecule has 4 rings (SSSR count). The van der Waals surface area contributed by atoms with E-state index < -0.39 is 0 Å². The Morgan fingerprint density at radius 1 is 1.20 bits per heavy atom. The fourth-order valence-corrected chi connectivity index (χ4v) is 3.86. The second-order valence-electron chi connectivity index (χ2n) is 7.54. The second-order valence-corrected chi connectivity index (χ2v) is 7.97. The number of hydrogen-bond acceptors (Lipinski definition) is 5. The Hall–Kier alpha value is -2.93. The van der Waals surface area contributed by atoms with Crippen LogP contribution in [-0.2, 0) is 17.8 Å². The largest absolute Gasteiger partial charge is 0.443 e. The van der Waals surface area contributed by atoms with Gasteiger partial charge in [-0.2, -0.15) is 5.10 Å². The van der Waals surface area contributed by atoms with Crippen LogP contribution in [0, 0.1) is 6.92 Å². The number of oxazole rings is 1. The Morgan fingerprint density at radius 3 is 2.80 bits per heavy atom. The first-order valence-electron chi connectivity index (χ1n) is 10.0. The van der Waals surface area contributed by atoms with Crippen LogP contribution in [0.5, 0.6) is 0 Å². The Morgan fingerprint density at radius 2 is 2.00 bits per heavy atom. The quantitative estimate of drug-likeness (QED) is 0.623. The van der Waals surface area contributed by atoms with Gasteiger partial charge in [-0.05, 0) is 49.9 Å². The molecule has 0 unspecified atom stereocenters. The van der Waals surface area contributed by atoms with Crippen molar-refractivity contribution < 1.29 is 9.21 Å². The number of piperidine rings is 1. The number of carbonyl (C=O) groups is 1. The summed E-state index contributed by atoms with van der Waals surface area (Å²) in [6.45, 7) is 2.31. The molecule has 0 radical (unpaired) electrons. The van der Waals surface area contributed by atoms with Gasteiger partial charge < -0.3 is 9.32 Å². The van der Waals surface area contributed by atoms with Gasteiger partial charge in [-0.25, -0.2) is 9.67 Å². The van der Waals surface area contributed by atoms with Crippen LogP contribution in [-0.4, -0.2) is 32.1 Å². The average molecular weight is 427 g/mol. The molecule has 1 aromatic carbocycles. The summed E-state index contributed by atoms with van der Waals surface area (Å²) >= 11 is 5.94. The lowest BCUT2D eigenvalue weighted by molar-refractivity contribution is -0.136. The van der Waals surface area contributed by atoms with Crippen LogP contribution < -0.4 is 5.56 Å². The highest BCUT2D eigenvalue weighted by Gasteiger charge is 2.31. The van der Waals surface area contributed by atoms with Crippen molar-refractivity contribution in [1.82, 2.24) is 19.7 Å². The predicted octanol–water partition coefficient (Wildman–Crippen LogP) is 3.54. The first-order chi connectivity index (χ1) is 14.5. The van der Waals surface area contributed by atoms with Gasteiger partial charge in [0.1, 0.15) is 18.3 Å². The van der Waals surface area contributed by atoms with Crippen molar-refractivity contribution in [1.29, 1.82) is 0 Å². The molecule has 1 amide bonds. The minimum Gasteiger partial charge on any atom is -0.443 e.